The number of sulfonamides is 1. The van der Waals surface area contributed by atoms with E-state index in [1.165, 1.54) is 6.92 Å². The zero-order valence-corrected chi connectivity index (χ0v) is 12.9. The third-order valence-corrected chi connectivity index (χ3v) is 4.65. The van der Waals surface area contributed by atoms with E-state index in [1.807, 2.05) is 4.72 Å². The van der Waals surface area contributed by atoms with Gasteiger partial charge in [0.2, 0.25) is 0 Å². The number of carbonyl (C=O) groups excluding carboxylic acids is 1. The van der Waals surface area contributed by atoms with Crippen LogP contribution in [-0.2, 0) is 24.3 Å². The molecule has 0 saturated carbocycles. The molecule has 1 aromatic carbocycles. The normalized spacial score (nSPS) is 19.8. The van der Waals surface area contributed by atoms with E-state index in [9.17, 15) is 17.6 Å². The van der Waals surface area contributed by atoms with E-state index in [2.05, 4.69) is 0 Å². The van der Waals surface area contributed by atoms with E-state index in [1.54, 1.807) is 0 Å². The minimum absolute atomic E-state index is 0.0519. The summed E-state index contributed by atoms with van der Waals surface area (Å²) in [5.41, 5.74) is 0. The van der Waals surface area contributed by atoms with Crippen LogP contribution in [0.1, 0.15) is 19.8 Å². The van der Waals surface area contributed by atoms with Crippen LogP contribution < -0.4 is 4.72 Å². The third-order valence-electron chi connectivity index (χ3n) is 3.28. The fourth-order valence-electron chi connectivity index (χ4n) is 1.99. The lowest BCUT2D eigenvalue weighted by Crippen LogP contribution is -2.39. The number of ether oxygens (including phenoxy) is 2. The summed E-state index contributed by atoms with van der Waals surface area (Å²) >= 11 is 0. The Morgan fingerprint density at radius 3 is 2.73 bits per heavy atom. The molecule has 0 aliphatic carbocycles. The van der Waals surface area contributed by atoms with Crippen LogP contribution in [0.2, 0.25) is 0 Å². The molecule has 0 aromatic heterocycles. The van der Waals surface area contributed by atoms with Gasteiger partial charge in [-0.3, -0.25) is 4.79 Å². The maximum atomic E-state index is 12.8. The molecular weight excluding hydrogens is 313 g/mol. The average Bonchev–Trinajstić information content (AvgIpc) is 2.98. The summed E-state index contributed by atoms with van der Waals surface area (Å²) in [4.78, 5) is 11.7. The van der Waals surface area contributed by atoms with Crippen LogP contribution in [-0.4, -0.2) is 39.7 Å². The molecule has 2 rings (SSSR count). The van der Waals surface area contributed by atoms with Crippen LogP contribution in [0.25, 0.3) is 0 Å². The van der Waals surface area contributed by atoms with Gasteiger partial charge in [0.25, 0.3) is 15.9 Å². The lowest BCUT2D eigenvalue weighted by atomic mass is 10.2. The van der Waals surface area contributed by atoms with E-state index >= 15 is 0 Å². The second-order valence-electron chi connectivity index (χ2n) is 5.03. The zero-order valence-electron chi connectivity index (χ0n) is 12.1. The van der Waals surface area contributed by atoms with Crippen molar-refractivity contribution in [2.24, 2.45) is 0 Å². The number of carbonyl (C=O) groups is 1. The molecule has 1 aliphatic rings. The first-order valence-corrected chi connectivity index (χ1v) is 8.42. The van der Waals surface area contributed by atoms with Crippen LogP contribution in [0.5, 0.6) is 0 Å². The number of halogens is 1. The summed E-state index contributed by atoms with van der Waals surface area (Å²) in [6.45, 7) is 2.38. The Bertz CT molecular complexity index is 611. The first-order chi connectivity index (χ1) is 10.4. The SMILES string of the molecule is C[C@@H](OC[C@@H]1CCCO1)C(=O)NS(=O)(=O)c1ccc(F)cc1. The van der Waals surface area contributed by atoms with Gasteiger partial charge in [-0.1, -0.05) is 0 Å². The van der Waals surface area contributed by atoms with Gasteiger partial charge in [-0.05, 0) is 44.0 Å². The average molecular weight is 331 g/mol. The third kappa shape index (κ3) is 4.49. The fraction of sp³-hybridized carbons (Fsp3) is 0.500. The molecule has 1 amide bonds. The lowest BCUT2D eigenvalue weighted by Gasteiger charge is -2.16. The van der Waals surface area contributed by atoms with Crippen molar-refractivity contribution < 1.29 is 27.1 Å². The highest BCUT2D eigenvalue weighted by molar-refractivity contribution is 7.90. The molecular formula is C14H18FNO5S. The Kier molecular flexibility index (Phi) is 5.49. The minimum atomic E-state index is -4.04. The van der Waals surface area contributed by atoms with Crippen molar-refractivity contribution in [3.8, 4) is 0 Å². The van der Waals surface area contributed by atoms with Crippen molar-refractivity contribution in [1.82, 2.24) is 4.72 Å². The molecule has 0 radical (unpaired) electrons. The van der Waals surface area contributed by atoms with E-state index in [0.29, 0.717) is 6.61 Å². The van der Waals surface area contributed by atoms with E-state index in [0.717, 1.165) is 37.1 Å². The van der Waals surface area contributed by atoms with E-state index < -0.39 is 27.9 Å². The van der Waals surface area contributed by atoms with E-state index in [-0.39, 0.29) is 17.6 Å². The molecule has 1 aliphatic heterocycles. The molecule has 6 nitrogen and oxygen atoms in total. The van der Waals surface area contributed by atoms with Crippen LogP contribution in [0.4, 0.5) is 4.39 Å². The lowest BCUT2D eigenvalue weighted by molar-refractivity contribution is -0.131. The first kappa shape index (κ1) is 16.9. The number of nitrogens with one attached hydrogen (secondary N) is 1. The van der Waals surface area contributed by atoms with Crippen LogP contribution >= 0.6 is 0 Å². The van der Waals surface area contributed by atoms with Crippen LogP contribution in [0, 0.1) is 5.82 Å². The standard InChI is InChI=1S/C14H18FNO5S/c1-10(21-9-12-3-2-8-20-12)14(17)16-22(18,19)13-6-4-11(15)5-7-13/h4-7,10,12H,2-3,8-9H2,1H3,(H,16,17)/t10-,12+/m1/s1. The van der Waals surface area contributed by atoms with Crippen molar-refractivity contribution in [3.63, 3.8) is 0 Å². The molecule has 22 heavy (non-hydrogen) atoms. The number of rotatable bonds is 6. The summed E-state index contributed by atoms with van der Waals surface area (Å²) in [6.07, 6.45) is 0.832. The predicted molar refractivity (Wildman–Crippen MR) is 76.1 cm³/mol. The summed E-state index contributed by atoms with van der Waals surface area (Å²) in [6, 6.07) is 4.19. The molecule has 0 bridgehead atoms. The predicted octanol–water partition coefficient (Wildman–Crippen LogP) is 1.21. The molecule has 1 fully saturated rings. The zero-order chi connectivity index (χ0) is 16.2. The Morgan fingerprint density at radius 1 is 1.45 bits per heavy atom. The van der Waals surface area contributed by atoms with Crippen LogP contribution in [0.3, 0.4) is 0 Å². The molecule has 1 saturated heterocycles. The molecule has 1 aromatic rings. The Morgan fingerprint density at radius 2 is 2.14 bits per heavy atom. The monoisotopic (exact) mass is 331 g/mol. The minimum Gasteiger partial charge on any atom is -0.376 e. The Hall–Kier alpha value is -1.51. The number of benzene rings is 1. The molecule has 0 spiro atoms. The van der Waals surface area contributed by atoms with Gasteiger partial charge in [0.05, 0.1) is 17.6 Å². The van der Waals surface area contributed by atoms with Crippen molar-refractivity contribution in [3.05, 3.63) is 30.1 Å². The first-order valence-electron chi connectivity index (χ1n) is 6.94. The van der Waals surface area contributed by atoms with Gasteiger partial charge in [-0.2, -0.15) is 0 Å². The van der Waals surface area contributed by atoms with Gasteiger partial charge >= 0.3 is 0 Å². The molecule has 8 heteroatoms. The van der Waals surface area contributed by atoms with Crippen molar-refractivity contribution >= 4 is 15.9 Å². The summed E-state index contributed by atoms with van der Waals surface area (Å²) in [5.74, 6) is -1.33. The molecule has 1 N–H and O–H groups in total. The van der Waals surface area contributed by atoms with Crippen molar-refractivity contribution in [2.45, 2.75) is 36.9 Å². The summed E-state index contributed by atoms with van der Waals surface area (Å²) in [7, 11) is -4.04. The molecule has 0 unspecified atom stereocenters. The smallest absolute Gasteiger partial charge is 0.264 e. The highest BCUT2D eigenvalue weighted by atomic mass is 32.2. The number of hydrogen-bond acceptors (Lipinski definition) is 5. The second kappa shape index (κ2) is 7.17. The van der Waals surface area contributed by atoms with Crippen LogP contribution in [0.15, 0.2) is 29.2 Å². The van der Waals surface area contributed by atoms with Gasteiger partial charge in [-0.15, -0.1) is 0 Å². The highest BCUT2D eigenvalue weighted by Gasteiger charge is 2.24. The number of hydrogen-bond donors (Lipinski definition) is 1. The van der Waals surface area contributed by atoms with Gasteiger partial charge in [-0.25, -0.2) is 17.5 Å². The molecule has 122 valence electrons. The highest BCUT2D eigenvalue weighted by Crippen LogP contribution is 2.13. The van der Waals surface area contributed by atoms with Gasteiger partial charge in [0.15, 0.2) is 0 Å². The maximum absolute atomic E-state index is 12.8. The quantitative estimate of drug-likeness (QED) is 0.847. The van der Waals surface area contributed by atoms with Gasteiger partial charge in [0.1, 0.15) is 11.9 Å². The van der Waals surface area contributed by atoms with Gasteiger partial charge in [0, 0.05) is 6.61 Å². The summed E-state index contributed by atoms with van der Waals surface area (Å²) in [5, 5.41) is 0. The second-order valence-corrected chi connectivity index (χ2v) is 6.72. The Balaban J connectivity index is 1.90. The largest absolute Gasteiger partial charge is 0.376 e. The van der Waals surface area contributed by atoms with Crippen molar-refractivity contribution in [1.29, 1.82) is 0 Å². The molecule has 1 heterocycles. The van der Waals surface area contributed by atoms with Gasteiger partial charge < -0.3 is 9.47 Å². The van der Waals surface area contributed by atoms with Crippen molar-refractivity contribution in [2.75, 3.05) is 13.2 Å². The van der Waals surface area contributed by atoms with E-state index in [4.69, 9.17) is 9.47 Å². The number of amides is 1. The fourth-order valence-corrected chi connectivity index (χ4v) is 3.03. The maximum Gasteiger partial charge on any atom is 0.264 e. The molecule has 2 atom stereocenters. The topological polar surface area (TPSA) is 81.7 Å². The Labute approximate surface area is 128 Å². The summed E-state index contributed by atoms with van der Waals surface area (Å²) < 4.78 is 49.4.